The van der Waals surface area contributed by atoms with Gasteiger partial charge in [-0.05, 0) is 40.9 Å². The van der Waals surface area contributed by atoms with Gasteiger partial charge in [0.25, 0.3) is 5.91 Å². The lowest BCUT2D eigenvalue weighted by atomic mass is 10.1. The molecule has 5 heteroatoms. The zero-order valence-corrected chi connectivity index (χ0v) is 12.5. The van der Waals surface area contributed by atoms with E-state index in [9.17, 15) is 4.79 Å². The molecule has 2 rings (SSSR count). The predicted molar refractivity (Wildman–Crippen MR) is 75.9 cm³/mol. The molecule has 1 amide bonds. The van der Waals surface area contributed by atoms with Crippen LogP contribution in [0.5, 0.6) is 0 Å². The molecule has 0 spiro atoms. The normalized spacial score (nSPS) is 20.6. The van der Waals surface area contributed by atoms with Gasteiger partial charge in [-0.15, -0.1) is 11.6 Å². The van der Waals surface area contributed by atoms with E-state index in [4.69, 9.17) is 11.6 Å². The van der Waals surface area contributed by atoms with Crippen molar-refractivity contribution in [1.29, 1.82) is 0 Å². The third-order valence-electron chi connectivity index (χ3n) is 3.28. The Morgan fingerprint density at radius 3 is 3.06 bits per heavy atom. The van der Waals surface area contributed by atoms with Crippen molar-refractivity contribution in [3.8, 4) is 0 Å². The smallest absolute Gasteiger partial charge is 0.273 e. The molecule has 18 heavy (non-hydrogen) atoms. The van der Waals surface area contributed by atoms with Gasteiger partial charge < -0.3 is 4.90 Å². The summed E-state index contributed by atoms with van der Waals surface area (Å²) in [5, 5.41) is 0. The molecule has 0 bridgehead atoms. The second kappa shape index (κ2) is 6.53. The molecule has 0 saturated carbocycles. The van der Waals surface area contributed by atoms with E-state index in [2.05, 4.69) is 20.9 Å². The van der Waals surface area contributed by atoms with Crippen LogP contribution in [0.1, 0.15) is 36.2 Å². The summed E-state index contributed by atoms with van der Waals surface area (Å²) in [6.07, 6.45) is 5.99. The SMILES string of the molecule is O=C(c1ncccc1Br)N1CCCCCC1CCl. The van der Waals surface area contributed by atoms with E-state index in [1.54, 1.807) is 6.20 Å². The number of aromatic nitrogens is 1. The number of pyridine rings is 1. The fourth-order valence-corrected chi connectivity index (χ4v) is 3.03. The molecule has 1 unspecified atom stereocenters. The van der Waals surface area contributed by atoms with Crippen molar-refractivity contribution in [2.75, 3.05) is 12.4 Å². The highest BCUT2D eigenvalue weighted by Crippen LogP contribution is 2.22. The fourth-order valence-electron chi connectivity index (χ4n) is 2.28. The number of alkyl halides is 1. The fraction of sp³-hybridized carbons (Fsp3) is 0.538. The van der Waals surface area contributed by atoms with Crippen LogP contribution in [0.15, 0.2) is 22.8 Å². The van der Waals surface area contributed by atoms with E-state index in [0.717, 1.165) is 30.3 Å². The number of hydrogen-bond acceptors (Lipinski definition) is 2. The van der Waals surface area contributed by atoms with Crippen LogP contribution in [0, 0.1) is 0 Å². The van der Waals surface area contributed by atoms with Crippen LogP contribution in [0.2, 0.25) is 0 Å². The maximum atomic E-state index is 12.5. The molecule has 98 valence electrons. The largest absolute Gasteiger partial charge is 0.333 e. The van der Waals surface area contributed by atoms with Gasteiger partial charge in [-0.1, -0.05) is 12.8 Å². The lowest BCUT2D eigenvalue weighted by Crippen LogP contribution is -2.41. The third kappa shape index (κ3) is 3.04. The molecule has 0 radical (unpaired) electrons. The molecule has 3 nitrogen and oxygen atoms in total. The number of carbonyl (C=O) groups is 1. The van der Waals surface area contributed by atoms with Crippen LogP contribution >= 0.6 is 27.5 Å². The summed E-state index contributed by atoms with van der Waals surface area (Å²) in [5.74, 6) is 0.478. The Kier molecular flexibility index (Phi) is 5.01. The second-order valence-corrected chi connectivity index (χ2v) is 5.65. The number of likely N-dealkylation sites (tertiary alicyclic amines) is 1. The lowest BCUT2D eigenvalue weighted by molar-refractivity contribution is 0.0693. The van der Waals surface area contributed by atoms with Gasteiger partial charge in [0.05, 0.1) is 0 Å². The van der Waals surface area contributed by atoms with Crippen molar-refractivity contribution < 1.29 is 4.79 Å². The average Bonchev–Trinajstić information content (AvgIpc) is 2.63. The summed E-state index contributed by atoms with van der Waals surface area (Å²) >= 11 is 9.37. The Bertz CT molecular complexity index is 427. The van der Waals surface area contributed by atoms with Gasteiger partial charge in [-0.3, -0.25) is 4.79 Å². The summed E-state index contributed by atoms with van der Waals surface area (Å²) in [7, 11) is 0. The topological polar surface area (TPSA) is 33.2 Å². The van der Waals surface area contributed by atoms with Crippen molar-refractivity contribution in [3.05, 3.63) is 28.5 Å². The van der Waals surface area contributed by atoms with E-state index in [1.165, 1.54) is 6.42 Å². The molecule has 1 fully saturated rings. The van der Waals surface area contributed by atoms with Crippen LogP contribution < -0.4 is 0 Å². The number of rotatable bonds is 2. The molecule has 2 heterocycles. The highest BCUT2D eigenvalue weighted by molar-refractivity contribution is 9.10. The summed E-state index contributed by atoms with van der Waals surface area (Å²) in [6.45, 7) is 0.777. The van der Waals surface area contributed by atoms with Gasteiger partial charge in [-0.25, -0.2) is 4.98 Å². The molecule has 0 aromatic carbocycles. The summed E-state index contributed by atoms with van der Waals surface area (Å²) < 4.78 is 0.743. The number of carbonyl (C=O) groups excluding carboxylic acids is 1. The van der Waals surface area contributed by atoms with E-state index < -0.39 is 0 Å². The van der Waals surface area contributed by atoms with E-state index in [0.29, 0.717) is 11.6 Å². The monoisotopic (exact) mass is 330 g/mol. The van der Waals surface area contributed by atoms with Crippen LogP contribution in [0.3, 0.4) is 0 Å². The molecule has 1 saturated heterocycles. The predicted octanol–water partition coefficient (Wildman–Crippen LogP) is 3.47. The molecule has 1 atom stereocenters. The molecule has 1 aromatic rings. The number of hydrogen-bond donors (Lipinski definition) is 0. The third-order valence-corrected chi connectivity index (χ3v) is 4.27. The van der Waals surface area contributed by atoms with Crippen molar-refractivity contribution >= 4 is 33.4 Å². The molecule has 1 aromatic heterocycles. The number of nitrogens with zero attached hydrogens (tertiary/aromatic N) is 2. The molecular formula is C13H16BrClN2O. The Morgan fingerprint density at radius 2 is 2.33 bits per heavy atom. The van der Waals surface area contributed by atoms with Gasteiger partial charge in [0.1, 0.15) is 5.69 Å². The van der Waals surface area contributed by atoms with Crippen molar-refractivity contribution in [1.82, 2.24) is 9.88 Å². The van der Waals surface area contributed by atoms with Gasteiger partial charge in [-0.2, -0.15) is 0 Å². The Labute approximate surface area is 121 Å². The maximum absolute atomic E-state index is 12.5. The van der Waals surface area contributed by atoms with Crippen LogP contribution in [0.25, 0.3) is 0 Å². The van der Waals surface area contributed by atoms with Crippen molar-refractivity contribution in [2.24, 2.45) is 0 Å². The zero-order chi connectivity index (χ0) is 13.0. The molecule has 0 aliphatic carbocycles. The molecule has 0 N–H and O–H groups in total. The number of halogens is 2. The molecule has 1 aliphatic rings. The number of amides is 1. The van der Waals surface area contributed by atoms with Crippen molar-refractivity contribution in [3.63, 3.8) is 0 Å². The van der Waals surface area contributed by atoms with Gasteiger partial charge in [0.15, 0.2) is 0 Å². The van der Waals surface area contributed by atoms with Crippen LogP contribution in [-0.2, 0) is 0 Å². The van der Waals surface area contributed by atoms with Crippen LogP contribution in [0.4, 0.5) is 0 Å². The first-order valence-electron chi connectivity index (χ1n) is 6.21. The second-order valence-electron chi connectivity index (χ2n) is 4.49. The summed E-state index contributed by atoms with van der Waals surface area (Å²) in [5.41, 5.74) is 0.481. The maximum Gasteiger partial charge on any atom is 0.273 e. The highest BCUT2D eigenvalue weighted by Gasteiger charge is 2.27. The lowest BCUT2D eigenvalue weighted by Gasteiger charge is -2.28. The summed E-state index contributed by atoms with van der Waals surface area (Å²) in [4.78, 5) is 18.6. The first-order chi connectivity index (χ1) is 8.74. The zero-order valence-electron chi connectivity index (χ0n) is 10.1. The quantitative estimate of drug-likeness (QED) is 0.778. The van der Waals surface area contributed by atoms with Crippen molar-refractivity contribution in [2.45, 2.75) is 31.7 Å². The van der Waals surface area contributed by atoms with E-state index >= 15 is 0 Å². The standard InChI is InChI=1S/C13H16BrClN2O/c14-11-6-4-7-16-12(11)13(18)17-8-3-1-2-5-10(17)9-15/h4,6-7,10H,1-3,5,8-9H2. The summed E-state index contributed by atoms with van der Waals surface area (Å²) in [6, 6.07) is 3.78. The van der Waals surface area contributed by atoms with Gasteiger partial charge >= 0.3 is 0 Å². The minimum atomic E-state index is -0.0185. The minimum Gasteiger partial charge on any atom is -0.333 e. The Morgan fingerprint density at radius 1 is 1.50 bits per heavy atom. The Hall–Kier alpha value is -0.610. The Balaban J connectivity index is 2.23. The first kappa shape index (κ1) is 13.8. The van der Waals surface area contributed by atoms with Gasteiger partial charge in [0.2, 0.25) is 0 Å². The minimum absolute atomic E-state index is 0.0185. The molecular weight excluding hydrogens is 316 g/mol. The highest BCUT2D eigenvalue weighted by atomic mass is 79.9. The first-order valence-corrected chi connectivity index (χ1v) is 7.54. The molecule has 1 aliphatic heterocycles. The van der Waals surface area contributed by atoms with E-state index in [-0.39, 0.29) is 11.9 Å². The van der Waals surface area contributed by atoms with Crippen LogP contribution in [-0.4, -0.2) is 34.3 Å². The van der Waals surface area contributed by atoms with Gasteiger partial charge in [0, 0.05) is 29.1 Å². The van der Waals surface area contributed by atoms with E-state index in [1.807, 2.05) is 17.0 Å². The average molecular weight is 332 g/mol.